The quantitative estimate of drug-likeness (QED) is 0.254. The Kier molecular flexibility index (Phi) is 7.81. The number of aromatic nitrogens is 2. The van der Waals surface area contributed by atoms with E-state index in [0.29, 0.717) is 34.4 Å². The van der Waals surface area contributed by atoms with Crippen molar-refractivity contribution in [3.63, 3.8) is 0 Å². The maximum Gasteiger partial charge on any atom is 0.417 e. The van der Waals surface area contributed by atoms with Crippen LogP contribution in [0.3, 0.4) is 0 Å². The third-order valence-corrected chi connectivity index (χ3v) is 8.04. The van der Waals surface area contributed by atoms with E-state index in [0.717, 1.165) is 45.6 Å². The number of nitrogens with one attached hydrogen (secondary N) is 2. The number of imidazole rings is 1. The first-order valence-electron chi connectivity index (χ1n) is 14.3. The highest BCUT2D eigenvalue weighted by Crippen LogP contribution is 2.38. The van der Waals surface area contributed by atoms with E-state index in [1.807, 2.05) is 24.3 Å². The molecule has 2 fully saturated rings. The number of rotatable bonds is 8. The first kappa shape index (κ1) is 27.5. The number of anilines is 1. The van der Waals surface area contributed by atoms with Crippen LogP contribution in [0.15, 0.2) is 60.7 Å². The van der Waals surface area contributed by atoms with Gasteiger partial charge in [-0.15, -0.1) is 0 Å². The van der Waals surface area contributed by atoms with Gasteiger partial charge in [-0.1, -0.05) is 36.4 Å². The van der Waals surface area contributed by atoms with E-state index in [1.54, 1.807) is 24.3 Å². The number of aromatic amines is 1. The molecule has 41 heavy (non-hydrogen) atoms. The highest BCUT2D eigenvalue weighted by molar-refractivity contribution is 5.95. The van der Waals surface area contributed by atoms with E-state index in [1.165, 1.54) is 30.5 Å². The van der Waals surface area contributed by atoms with Gasteiger partial charge in [0.1, 0.15) is 5.82 Å². The molecule has 2 aliphatic rings. The Hall–Kier alpha value is -3.69. The minimum Gasteiger partial charge on any atom is -0.338 e. The van der Waals surface area contributed by atoms with Gasteiger partial charge in [0.15, 0.2) is 0 Å². The van der Waals surface area contributed by atoms with Crippen molar-refractivity contribution in [2.24, 2.45) is 0 Å². The van der Waals surface area contributed by atoms with Crippen LogP contribution in [0.1, 0.15) is 47.9 Å². The van der Waals surface area contributed by atoms with Crippen molar-refractivity contribution in [2.75, 3.05) is 31.5 Å². The first-order chi connectivity index (χ1) is 19.8. The molecule has 0 saturated carbocycles. The van der Waals surface area contributed by atoms with Crippen LogP contribution in [-0.2, 0) is 30.5 Å². The van der Waals surface area contributed by atoms with Gasteiger partial charge in [-0.25, -0.2) is 4.98 Å². The fourth-order valence-electron chi connectivity index (χ4n) is 5.96. The van der Waals surface area contributed by atoms with Gasteiger partial charge in [-0.2, -0.15) is 13.2 Å². The Balaban J connectivity index is 1.19. The molecule has 4 aromatic rings. The maximum absolute atomic E-state index is 14.2. The maximum atomic E-state index is 14.2. The van der Waals surface area contributed by atoms with Crippen molar-refractivity contribution in [1.29, 1.82) is 0 Å². The van der Waals surface area contributed by atoms with Gasteiger partial charge in [0.05, 0.1) is 23.0 Å². The van der Waals surface area contributed by atoms with Crippen LogP contribution in [0, 0.1) is 0 Å². The molecule has 6 rings (SSSR count). The average Bonchev–Trinajstić information content (AvgIpc) is 3.72. The number of amides is 1. The van der Waals surface area contributed by atoms with Crippen molar-refractivity contribution in [1.82, 2.24) is 19.8 Å². The molecule has 2 aliphatic heterocycles. The van der Waals surface area contributed by atoms with E-state index in [2.05, 4.69) is 25.1 Å². The zero-order valence-corrected chi connectivity index (χ0v) is 22.9. The zero-order chi connectivity index (χ0) is 28.4. The Morgan fingerprint density at radius 2 is 1.49 bits per heavy atom. The molecular weight excluding hydrogens is 527 g/mol. The first-order valence-corrected chi connectivity index (χ1v) is 14.3. The summed E-state index contributed by atoms with van der Waals surface area (Å²) in [5.41, 5.74) is 3.58. The minimum atomic E-state index is -4.53. The van der Waals surface area contributed by atoms with Gasteiger partial charge < -0.3 is 10.3 Å². The van der Waals surface area contributed by atoms with E-state index in [-0.39, 0.29) is 23.7 Å². The second kappa shape index (κ2) is 11.7. The summed E-state index contributed by atoms with van der Waals surface area (Å²) in [7, 11) is 0. The molecule has 1 aromatic heterocycles. The molecule has 0 bridgehead atoms. The largest absolute Gasteiger partial charge is 0.417 e. The van der Waals surface area contributed by atoms with Gasteiger partial charge in [-0.05, 0) is 92.8 Å². The number of fused-ring (bicyclic) bond motifs is 1. The van der Waals surface area contributed by atoms with Crippen LogP contribution in [0.25, 0.3) is 22.4 Å². The second-order valence-electron chi connectivity index (χ2n) is 11.2. The molecule has 0 radical (unpaired) electrons. The van der Waals surface area contributed by atoms with E-state index >= 15 is 0 Å². The van der Waals surface area contributed by atoms with Crippen LogP contribution < -0.4 is 5.32 Å². The summed E-state index contributed by atoms with van der Waals surface area (Å²) >= 11 is 0. The summed E-state index contributed by atoms with van der Waals surface area (Å²) in [5.74, 6) is -0.0712. The summed E-state index contributed by atoms with van der Waals surface area (Å²) in [6, 6.07) is 17.7. The lowest BCUT2D eigenvalue weighted by Crippen LogP contribution is -2.19. The lowest BCUT2D eigenvalue weighted by molar-refractivity contribution is -0.137. The minimum absolute atomic E-state index is 0.00305. The lowest BCUT2D eigenvalue weighted by Gasteiger charge is -2.17. The number of hydrogen-bond donors (Lipinski definition) is 2. The molecule has 6 nitrogen and oxygen atoms in total. The van der Waals surface area contributed by atoms with Crippen molar-refractivity contribution in [3.8, 4) is 11.4 Å². The monoisotopic (exact) mass is 561 g/mol. The fourth-order valence-corrected chi connectivity index (χ4v) is 5.96. The molecule has 2 N–H and O–H groups in total. The summed E-state index contributed by atoms with van der Waals surface area (Å²) in [6.45, 7) is 5.49. The van der Waals surface area contributed by atoms with Crippen LogP contribution in [0.5, 0.6) is 0 Å². The Morgan fingerprint density at radius 3 is 2.15 bits per heavy atom. The van der Waals surface area contributed by atoms with Gasteiger partial charge in [0.25, 0.3) is 0 Å². The smallest absolute Gasteiger partial charge is 0.338 e. The van der Waals surface area contributed by atoms with E-state index in [4.69, 9.17) is 0 Å². The average molecular weight is 562 g/mol. The normalized spacial score (nSPS) is 16.6. The van der Waals surface area contributed by atoms with Gasteiger partial charge >= 0.3 is 6.18 Å². The number of alkyl halides is 3. The van der Waals surface area contributed by atoms with Gasteiger partial charge in [-0.3, -0.25) is 14.6 Å². The zero-order valence-electron chi connectivity index (χ0n) is 22.9. The highest BCUT2D eigenvalue weighted by atomic mass is 19.4. The van der Waals surface area contributed by atoms with Crippen molar-refractivity contribution >= 4 is 22.6 Å². The number of H-pyrrole nitrogens is 1. The summed E-state index contributed by atoms with van der Waals surface area (Å²) in [6.07, 6.45) is 0.170. The molecule has 3 heterocycles. The highest BCUT2D eigenvalue weighted by Gasteiger charge is 2.35. The summed E-state index contributed by atoms with van der Waals surface area (Å²) in [4.78, 5) is 25.1. The lowest BCUT2D eigenvalue weighted by atomic mass is 10.0. The Labute approximate surface area is 237 Å². The third-order valence-electron chi connectivity index (χ3n) is 8.04. The topological polar surface area (TPSA) is 64.3 Å². The van der Waals surface area contributed by atoms with E-state index < -0.39 is 11.7 Å². The number of nitrogens with zero attached hydrogens (tertiary/aromatic N) is 3. The van der Waals surface area contributed by atoms with Crippen LogP contribution in [0.2, 0.25) is 0 Å². The molecule has 3 aromatic carbocycles. The number of likely N-dealkylation sites (tertiary alicyclic amines) is 2. The van der Waals surface area contributed by atoms with E-state index in [9.17, 15) is 18.0 Å². The van der Waals surface area contributed by atoms with Crippen LogP contribution >= 0.6 is 0 Å². The van der Waals surface area contributed by atoms with Crippen LogP contribution in [0.4, 0.5) is 18.9 Å². The molecule has 214 valence electrons. The third kappa shape index (κ3) is 6.47. The predicted octanol–water partition coefficient (Wildman–Crippen LogP) is 6.62. The standard InChI is InChI=1S/C32H34F3N5O/c33-32(34,35)27-18-23(21-40-16-3-4-17-40)10-13-26(27)31-37-28-7-5-6-24(30(28)38-31)19-29(41)36-25-11-8-22(9-12-25)20-39-14-1-2-15-39/h5-13,18H,1-4,14-17,19-21H2,(H,36,41)(H,37,38). The SMILES string of the molecule is O=C(Cc1cccc2[nH]c(-c3ccc(CN4CCCC4)cc3C(F)(F)F)nc12)Nc1ccc(CN2CCCC2)cc1. The van der Waals surface area contributed by atoms with Crippen molar-refractivity contribution in [3.05, 3.63) is 82.9 Å². The molecule has 0 atom stereocenters. The van der Waals surface area contributed by atoms with Crippen molar-refractivity contribution < 1.29 is 18.0 Å². The molecule has 0 unspecified atom stereocenters. The molecule has 2 saturated heterocycles. The number of carbonyl (C=O) groups excluding carboxylic acids is 1. The Bertz CT molecular complexity index is 1520. The molecule has 0 aliphatic carbocycles. The molecular formula is C32H34F3N5O. The summed E-state index contributed by atoms with van der Waals surface area (Å²) in [5, 5.41) is 2.94. The fraction of sp³-hybridized carbons (Fsp3) is 0.375. The number of halogens is 3. The van der Waals surface area contributed by atoms with Gasteiger partial charge in [0.2, 0.25) is 5.91 Å². The van der Waals surface area contributed by atoms with Crippen LogP contribution in [-0.4, -0.2) is 51.9 Å². The number of para-hydroxylation sites is 1. The number of hydrogen-bond acceptors (Lipinski definition) is 4. The number of benzene rings is 3. The summed E-state index contributed by atoms with van der Waals surface area (Å²) < 4.78 is 42.5. The number of carbonyl (C=O) groups is 1. The second-order valence-corrected chi connectivity index (χ2v) is 11.2. The predicted molar refractivity (Wildman–Crippen MR) is 154 cm³/mol. The van der Waals surface area contributed by atoms with Gasteiger partial charge in [0, 0.05) is 24.3 Å². The molecule has 9 heteroatoms. The molecule has 0 spiro atoms. The van der Waals surface area contributed by atoms with Crippen molar-refractivity contribution in [2.45, 2.75) is 51.4 Å². The molecule has 1 amide bonds. The Morgan fingerprint density at radius 1 is 0.854 bits per heavy atom.